The Kier molecular flexibility index (Phi) is 4.65. The van der Waals surface area contributed by atoms with E-state index in [1.807, 2.05) is 24.3 Å². The number of fused-ring (bicyclic) bond motifs is 1. The zero-order chi connectivity index (χ0) is 19.7. The molecule has 0 aliphatic carbocycles. The number of benzene rings is 2. The minimum absolute atomic E-state index is 0.152. The summed E-state index contributed by atoms with van der Waals surface area (Å²) in [6.07, 6.45) is 0. The van der Waals surface area contributed by atoms with Crippen LogP contribution in [-0.2, 0) is 0 Å². The van der Waals surface area contributed by atoms with Gasteiger partial charge in [0.2, 0.25) is 0 Å². The van der Waals surface area contributed by atoms with Crippen molar-refractivity contribution in [3.63, 3.8) is 0 Å². The Bertz CT molecular complexity index is 1310. The number of nitro benzene ring substituents is 1. The molecule has 0 bridgehead atoms. The number of nitro groups is 1. The lowest BCUT2D eigenvalue weighted by Gasteiger charge is -2.12. The molecule has 0 spiro atoms. The average molecular weight is 406 g/mol. The van der Waals surface area contributed by atoms with E-state index in [1.165, 1.54) is 34.1 Å². The van der Waals surface area contributed by atoms with Crippen LogP contribution in [0.1, 0.15) is 5.56 Å². The molecule has 0 unspecified atom stereocenters. The maximum absolute atomic E-state index is 13.1. The first-order valence-corrected chi connectivity index (χ1v) is 9.70. The largest absolute Gasteiger partial charge is 0.270 e. The van der Waals surface area contributed by atoms with Gasteiger partial charge in [-0.1, -0.05) is 18.2 Å². The third-order valence-electron chi connectivity index (χ3n) is 3.98. The average Bonchev–Trinajstić information content (AvgIpc) is 3.18. The topological polar surface area (TPSA) is 102 Å². The molecule has 4 aromatic rings. The predicted molar refractivity (Wildman–Crippen MR) is 107 cm³/mol. The molecule has 0 saturated heterocycles. The number of non-ortho nitro benzene ring substituents is 1. The Hall–Kier alpha value is -3.48. The zero-order valence-corrected chi connectivity index (χ0v) is 15.7. The van der Waals surface area contributed by atoms with Crippen LogP contribution < -0.4 is 5.56 Å². The van der Waals surface area contributed by atoms with Crippen LogP contribution in [0.5, 0.6) is 0 Å². The summed E-state index contributed by atoms with van der Waals surface area (Å²) >= 11 is 2.48. The Labute approximate surface area is 166 Å². The summed E-state index contributed by atoms with van der Waals surface area (Å²) in [5, 5.41) is 23.1. The Balaban J connectivity index is 1.91. The Morgan fingerprint density at radius 3 is 2.68 bits per heavy atom. The smallest absolute Gasteiger partial charge is 0.268 e. The second-order valence-corrected chi connectivity index (χ2v) is 7.57. The molecule has 0 aliphatic heterocycles. The van der Waals surface area contributed by atoms with Crippen LogP contribution in [0.4, 0.5) is 5.69 Å². The van der Waals surface area contributed by atoms with E-state index >= 15 is 0 Å². The van der Waals surface area contributed by atoms with E-state index in [0.717, 1.165) is 11.8 Å². The third-order valence-corrected chi connectivity index (χ3v) is 5.82. The van der Waals surface area contributed by atoms with Crippen LogP contribution in [0.25, 0.3) is 15.9 Å². The molecular formula is C19H10N4O3S2. The van der Waals surface area contributed by atoms with Crippen molar-refractivity contribution in [2.45, 2.75) is 10.1 Å². The first-order chi connectivity index (χ1) is 13.6. The molecule has 7 nitrogen and oxygen atoms in total. The lowest BCUT2D eigenvalue weighted by atomic mass is 10.2. The van der Waals surface area contributed by atoms with E-state index in [1.54, 1.807) is 23.6 Å². The minimum Gasteiger partial charge on any atom is -0.268 e. The van der Waals surface area contributed by atoms with Crippen molar-refractivity contribution in [2.24, 2.45) is 0 Å². The molecule has 0 fully saturated rings. The summed E-state index contributed by atoms with van der Waals surface area (Å²) in [6.45, 7) is 0. The van der Waals surface area contributed by atoms with Gasteiger partial charge in [0.1, 0.15) is 10.9 Å². The first kappa shape index (κ1) is 17.9. The predicted octanol–water partition coefficient (Wildman–Crippen LogP) is 4.38. The van der Waals surface area contributed by atoms with Crippen molar-refractivity contribution in [1.29, 1.82) is 5.26 Å². The van der Waals surface area contributed by atoms with Crippen molar-refractivity contribution in [1.82, 2.24) is 9.55 Å². The van der Waals surface area contributed by atoms with E-state index in [0.29, 0.717) is 26.0 Å². The van der Waals surface area contributed by atoms with E-state index in [-0.39, 0.29) is 16.8 Å². The molecule has 0 saturated carbocycles. The summed E-state index contributed by atoms with van der Waals surface area (Å²) in [5.74, 6) is 0. The molecule has 0 amide bonds. The molecule has 28 heavy (non-hydrogen) atoms. The molecule has 0 atom stereocenters. The van der Waals surface area contributed by atoms with Crippen LogP contribution >= 0.6 is 23.1 Å². The van der Waals surface area contributed by atoms with Crippen molar-refractivity contribution in [3.05, 3.63) is 86.0 Å². The summed E-state index contributed by atoms with van der Waals surface area (Å²) in [7, 11) is 0. The molecule has 2 aromatic carbocycles. The van der Waals surface area contributed by atoms with Crippen molar-refractivity contribution >= 4 is 39.0 Å². The highest BCUT2D eigenvalue weighted by Gasteiger charge is 2.18. The third kappa shape index (κ3) is 3.15. The van der Waals surface area contributed by atoms with Crippen LogP contribution in [0.3, 0.4) is 0 Å². The normalized spacial score (nSPS) is 10.7. The van der Waals surface area contributed by atoms with Gasteiger partial charge in [-0.2, -0.15) is 5.26 Å². The van der Waals surface area contributed by atoms with Crippen LogP contribution in [-0.4, -0.2) is 14.5 Å². The second kappa shape index (κ2) is 7.26. The molecule has 4 rings (SSSR count). The lowest BCUT2D eigenvalue weighted by molar-refractivity contribution is -0.384. The molecule has 0 aliphatic rings. The molecular weight excluding hydrogens is 396 g/mol. The maximum Gasteiger partial charge on any atom is 0.270 e. The lowest BCUT2D eigenvalue weighted by Crippen LogP contribution is -2.20. The fourth-order valence-electron chi connectivity index (χ4n) is 2.67. The van der Waals surface area contributed by atoms with Crippen molar-refractivity contribution in [2.75, 3.05) is 0 Å². The number of nitrogens with zero attached hydrogens (tertiary/aromatic N) is 4. The fraction of sp³-hybridized carbons (Fsp3) is 0. The van der Waals surface area contributed by atoms with Crippen molar-refractivity contribution < 1.29 is 4.92 Å². The highest BCUT2D eigenvalue weighted by molar-refractivity contribution is 7.99. The van der Waals surface area contributed by atoms with Crippen LogP contribution in [0.15, 0.2) is 74.8 Å². The number of rotatable bonds is 4. The van der Waals surface area contributed by atoms with Gasteiger partial charge in [-0.15, -0.1) is 11.3 Å². The van der Waals surface area contributed by atoms with Gasteiger partial charge in [0.15, 0.2) is 5.16 Å². The maximum atomic E-state index is 13.1. The molecule has 2 heterocycles. The van der Waals surface area contributed by atoms with E-state index in [9.17, 15) is 20.2 Å². The standard InChI is InChI=1S/C19H10N4O3S2/c20-11-12-10-14(23(25)26)6-7-16(12)28-19-21-17-15(8-9-27-17)18(24)22(19)13-4-2-1-3-5-13/h1-10H. The van der Waals surface area contributed by atoms with Gasteiger partial charge < -0.3 is 0 Å². The van der Waals surface area contributed by atoms with E-state index < -0.39 is 4.92 Å². The first-order valence-electron chi connectivity index (χ1n) is 8.00. The molecule has 0 radical (unpaired) electrons. The fourth-order valence-corrected chi connectivity index (χ4v) is 4.45. The monoisotopic (exact) mass is 406 g/mol. The van der Waals surface area contributed by atoms with Gasteiger partial charge in [-0.3, -0.25) is 19.5 Å². The second-order valence-electron chi connectivity index (χ2n) is 5.66. The molecule has 2 aromatic heterocycles. The van der Waals surface area contributed by atoms with Gasteiger partial charge in [0, 0.05) is 17.0 Å². The van der Waals surface area contributed by atoms with Gasteiger partial charge in [-0.25, -0.2) is 4.98 Å². The van der Waals surface area contributed by atoms with Gasteiger partial charge >= 0.3 is 0 Å². The molecule has 9 heteroatoms. The Morgan fingerprint density at radius 1 is 1.18 bits per heavy atom. The number of hydrogen-bond donors (Lipinski definition) is 0. The summed E-state index contributed by atoms with van der Waals surface area (Å²) < 4.78 is 1.49. The summed E-state index contributed by atoms with van der Waals surface area (Å²) in [4.78, 5) is 29.2. The Morgan fingerprint density at radius 2 is 1.96 bits per heavy atom. The number of nitriles is 1. The quantitative estimate of drug-likeness (QED) is 0.283. The number of aromatic nitrogens is 2. The minimum atomic E-state index is -0.550. The van der Waals surface area contributed by atoms with Crippen LogP contribution in [0.2, 0.25) is 0 Å². The van der Waals surface area contributed by atoms with Crippen molar-refractivity contribution in [3.8, 4) is 11.8 Å². The molecule has 136 valence electrons. The zero-order valence-electron chi connectivity index (χ0n) is 14.1. The van der Waals surface area contributed by atoms with E-state index in [2.05, 4.69) is 4.98 Å². The number of thiophene rings is 1. The summed E-state index contributed by atoms with van der Waals surface area (Å²) in [5.41, 5.74) is 0.429. The number of hydrogen-bond acceptors (Lipinski definition) is 7. The SMILES string of the molecule is N#Cc1cc([N+](=O)[O-])ccc1Sc1nc2sccc2c(=O)n1-c1ccccc1. The summed E-state index contributed by atoms with van der Waals surface area (Å²) in [6, 6.07) is 16.8. The molecule has 0 N–H and O–H groups in total. The number of para-hydroxylation sites is 1. The van der Waals surface area contributed by atoms with Gasteiger partial charge in [0.25, 0.3) is 11.2 Å². The highest BCUT2D eigenvalue weighted by Crippen LogP contribution is 2.33. The van der Waals surface area contributed by atoms with Gasteiger partial charge in [0.05, 0.1) is 21.6 Å². The van der Waals surface area contributed by atoms with E-state index in [4.69, 9.17) is 0 Å². The highest BCUT2D eigenvalue weighted by atomic mass is 32.2. The van der Waals surface area contributed by atoms with Crippen LogP contribution in [0, 0.1) is 21.4 Å². The van der Waals surface area contributed by atoms with Gasteiger partial charge in [-0.05, 0) is 41.4 Å².